The molecule has 2 heterocycles. The maximum atomic E-state index is 14.3. The van der Waals surface area contributed by atoms with Crippen molar-refractivity contribution in [2.45, 2.75) is 36.6 Å². The van der Waals surface area contributed by atoms with Gasteiger partial charge in [0, 0.05) is 24.2 Å². The van der Waals surface area contributed by atoms with Crippen LogP contribution in [0.1, 0.15) is 23.2 Å². The molecule has 1 aromatic heterocycles. The maximum Gasteiger partial charge on any atom is 0.243 e. The van der Waals surface area contributed by atoms with Gasteiger partial charge in [0.2, 0.25) is 21.8 Å². The third kappa shape index (κ3) is 7.16. The number of para-hydroxylation sites is 1. The minimum atomic E-state index is -3.86. The van der Waals surface area contributed by atoms with Crippen LogP contribution < -0.4 is 10.5 Å². The summed E-state index contributed by atoms with van der Waals surface area (Å²) in [6.45, 7) is 1.87. The predicted molar refractivity (Wildman–Crippen MR) is 157 cm³/mol. The Morgan fingerprint density at radius 3 is 2.56 bits per heavy atom. The lowest BCUT2D eigenvalue weighted by molar-refractivity contribution is -0.128. The normalized spacial score (nSPS) is 16.2. The molecule has 3 aromatic carbocycles. The number of hydrogen-bond donors (Lipinski definition) is 2. The number of hydrogen-bond acceptors (Lipinski definition) is 8. The minimum Gasteiger partial charge on any atom is -0.356 e. The van der Waals surface area contributed by atoms with E-state index in [1.807, 2.05) is 19.1 Å². The summed E-state index contributed by atoms with van der Waals surface area (Å²) in [6.07, 6.45) is -0.124. The topological polar surface area (TPSA) is 148 Å². The van der Waals surface area contributed by atoms with E-state index < -0.39 is 26.9 Å². The van der Waals surface area contributed by atoms with E-state index in [9.17, 15) is 26.8 Å². The average Bonchev–Trinajstić information content (AvgIpc) is 3.53. The zero-order valence-corrected chi connectivity index (χ0v) is 24.3. The van der Waals surface area contributed by atoms with Gasteiger partial charge in [0.05, 0.1) is 23.5 Å². The summed E-state index contributed by atoms with van der Waals surface area (Å²) >= 11 is 1.11. The van der Waals surface area contributed by atoms with Gasteiger partial charge in [-0.25, -0.2) is 22.3 Å². The zero-order valence-electron chi connectivity index (χ0n) is 22.7. The second-order valence-electron chi connectivity index (χ2n) is 9.69. The molecule has 0 aliphatic carbocycles. The molecule has 4 aromatic rings. The molecule has 3 N–H and O–H groups in total. The lowest BCUT2D eigenvalue weighted by atomic mass is 10.1. The van der Waals surface area contributed by atoms with Crippen molar-refractivity contribution in [3.63, 3.8) is 0 Å². The van der Waals surface area contributed by atoms with Gasteiger partial charge in [-0.3, -0.25) is 19.5 Å². The number of halogens is 2. The summed E-state index contributed by atoms with van der Waals surface area (Å²) in [5.74, 6) is -2.25. The van der Waals surface area contributed by atoms with Crippen molar-refractivity contribution in [1.82, 2.24) is 10.1 Å². The first-order valence-electron chi connectivity index (χ1n) is 12.9. The molecule has 10 nitrogen and oxygen atoms in total. The Labute approximate surface area is 250 Å². The van der Waals surface area contributed by atoms with Crippen molar-refractivity contribution in [2.75, 3.05) is 5.32 Å². The number of nitrogens with two attached hydrogens (primary N) is 1. The molecule has 1 unspecified atom stereocenters. The van der Waals surface area contributed by atoms with Crippen LogP contribution in [0.25, 0.3) is 11.3 Å². The Bertz CT molecular complexity index is 1830. The van der Waals surface area contributed by atoms with E-state index in [-0.39, 0.29) is 53.2 Å². The maximum absolute atomic E-state index is 14.3. The first kappa shape index (κ1) is 30.1. The molecule has 2 amide bonds. The number of thioether (sulfide) groups is 1. The lowest BCUT2D eigenvalue weighted by Gasteiger charge is -2.15. The SMILES string of the molecule is Cc1ccccc1NC(=O)CC1SC(=NCc2ccc(S(N)(=O)=O)cc2)N(Cc2cc(-c3ccc(F)cc3F)on2)C1=O. The zero-order chi connectivity index (χ0) is 30.7. The summed E-state index contributed by atoms with van der Waals surface area (Å²) in [6, 6.07) is 17.6. The number of benzene rings is 3. The molecule has 1 atom stereocenters. The van der Waals surface area contributed by atoms with E-state index in [0.29, 0.717) is 16.4 Å². The van der Waals surface area contributed by atoms with Crippen LogP contribution in [-0.4, -0.2) is 40.7 Å². The number of aryl methyl sites for hydroxylation is 1. The van der Waals surface area contributed by atoms with Crippen LogP contribution in [0.2, 0.25) is 0 Å². The van der Waals surface area contributed by atoms with Crippen LogP contribution in [0, 0.1) is 18.6 Å². The third-order valence-electron chi connectivity index (χ3n) is 6.53. The quantitative estimate of drug-likeness (QED) is 0.276. The molecule has 14 heteroatoms. The van der Waals surface area contributed by atoms with Crippen molar-refractivity contribution < 1.29 is 31.3 Å². The number of aromatic nitrogens is 1. The van der Waals surface area contributed by atoms with Crippen molar-refractivity contribution >= 4 is 44.5 Å². The summed E-state index contributed by atoms with van der Waals surface area (Å²) in [4.78, 5) is 32.3. The number of nitrogens with zero attached hydrogens (tertiary/aromatic N) is 3. The van der Waals surface area contributed by atoms with Crippen LogP contribution >= 0.6 is 11.8 Å². The van der Waals surface area contributed by atoms with Gasteiger partial charge in [-0.1, -0.05) is 47.3 Å². The fourth-order valence-corrected chi connectivity index (χ4v) is 5.95. The van der Waals surface area contributed by atoms with Crippen LogP contribution in [-0.2, 0) is 32.7 Å². The highest BCUT2D eigenvalue weighted by Gasteiger charge is 2.39. The van der Waals surface area contributed by atoms with E-state index in [2.05, 4.69) is 15.5 Å². The van der Waals surface area contributed by atoms with Gasteiger partial charge < -0.3 is 9.84 Å². The molecule has 43 heavy (non-hydrogen) atoms. The van der Waals surface area contributed by atoms with E-state index in [1.54, 1.807) is 24.3 Å². The van der Waals surface area contributed by atoms with Gasteiger partial charge in [-0.2, -0.15) is 0 Å². The van der Waals surface area contributed by atoms with Crippen LogP contribution in [0.3, 0.4) is 0 Å². The molecule has 0 radical (unpaired) electrons. The summed E-state index contributed by atoms with van der Waals surface area (Å²) in [5.41, 5.74) is 2.45. The van der Waals surface area contributed by atoms with Crippen molar-refractivity contribution in [1.29, 1.82) is 0 Å². The van der Waals surface area contributed by atoms with Crippen LogP contribution in [0.4, 0.5) is 14.5 Å². The van der Waals surface area contributed by atoms with Gasteiger partial charge in [-0.05, 0) is 48.4 Å². The molecule has 0 bridgehead atoms. The lowest BCUT2D eigenvalue weighted by Crippen LogP contribution is -2.33. The van der Waals surface area contributed by atoms with Crippen LogP contribution in [0.15, 0.2) is 87.2 Å². The molecule has 1 aliphatic heterocycles. The monoisotopic (exact) mass is 625 g/mol. The van der Waals surface area contributed by atoms with Gasteiger partial charge >= 0.3 is 0 Å². The number of amides is 2. The number of aliphatic imine (C=N–C) groups is 1. The summed E-state index contributed by atoms with van der Waals surface area (Å²) in [5, 5.41) is 11.5. The van der Waals surface area contributed by atoms with E-state index in [0.717, 1.165) is 29.5 Å². The average molecular weight is 626 g/mol. The summed E-state index contributed by atoms with van der Waals surface area (Å²) in [7, 11) is -3.86. The smallest absolute Gasteiger partial charge is 0.243 e. The number of rotatable bonds is 9. The molecule has 222 valence electrons. The van der Waals surface area contributed by atoms with E-state index in [4.69, 9.17) is 9.66 Å². The minimum absolute atomic E-state index is 0.00450. The molecule has 1 aliphatic rings. The number of anilines is 1. The Kier molecular flexibility index (Phi) is 8.71. The molecule has 1 saturated heterocycles. The van der Waals surface area contributed by atoms with Gasteiger partial charge in [-0.15, -0.1) is 0 Å². The molecular weight excluding hydrogens is 600 g/mol. The van der Waals surface area contributed by atoms with Crippen molar-refractivity contribution in [3.8, 4) is 11.3 Å². The van der Waals surface area contributed by atoms with Gasteiger partial charge in [0.1, 0.15) is 22.6 Å². The molecule has 1 fully saturated rings. The Balaban J connectivity index is 1.37. The fourth-order valence-electron chi connectivity index (χ4n) is 4.30. The predicted octanol–water partition coefficient (Wildman–Crippen LogP) is 4.60. The van der Waals surface area contributed by atoms with E-state index in [1.165, 1.54) is 29.2 Å². The number of sulfonamides is 1. The number of carbonyl (C=O) groups is 2. The van der Waals surface area contributed by atoms with Crippen molar-refractivity contribution in [3.05, 3.63) is 101 Å². The Hall–Kier alpha value is -4.40. The number of primary sulfonamides is 1. The molecule has 0 saturated carbocycles. The van der Waals surface area contributed by atoms with Crippen LogP contribution in [0.5, 0.6) is 0 Å². The third-order valence-corrected chi connectivity index (χ3v) is 8.68. The highest BCUT2D eigenvalue weighted by Crippen LogP contribution is 2.33. The number of nitrogens with one attached hydrogen (secondary N) is 1. The molecule has 5 rings (SSSR count). The second-order valence-corrected chi connectivity index (χ2v) is 12.4. The number of carbonyl (C=O) groups excluding carboxylic acids is 2. The standard InChI is InChI=1S/C29H25F2N5O5S2/c1-17-4-2-3-5-24(17)34-27(37)14-26-28(38)36(16-20-13-25(41-35-20)22-11-8-19(30)12-23(22)31)29(42-26)33-15-18-6-9-21(10-7-18)43(32,39)40/h2-13,26H,14-16H2,1H3,(H,34,37)(H2,32,39,40). The second kappa shape index (κ2) is 12.5. The largest absolute Gasteiger partial charge is 0.356 e. The number of amidine groups is 1. The van der Waals surface area contributed by atoms with Gasteiger partial charge in [0.25, 0.3) is 0 Å². The first-order valence-corrected chi connectivity index (χ1v) is 15.3. The van der Waals surface area contributed by atoms with E-state index >= 15 is 0 Å². The molecular formula is C29H25F2N5O5S2. The molecule has 0 spiro atoms. The Morgan fingerprint density at radius 2 is 1.86 bits per heavy atom. The Morgan fingerprint density at radius 1 is 1.12 bits per heavy atom. The first-order chi connectivity index (χ1) is 20.5. The van der Waals surface area contributed by atoms with Crippen molar-refractivity contribution in [2.24, 2.45) is 10.1 Å². The fraction of sp³-hybridized carbons (Fsp3) is 0.172. The van der Waals surface area contributed by atoms with Gasteiger partial charge in [0.15, 0.2) is 10.9 Å². The summed E-state index contributed by atoms with van der Waals surface area (Å²) < 4.78 is 56.0. The highest BCUT2D eigenvalue weighted by molar-refractivity contribution is 8.15. The highest BCUT2D eigenvalue weighted by atomic mass is 32.2.